The Labute approximate surface area is 117 Å². The number of benzene rings is 1. The maximum Gasteiger partial charge on any atom is 0.329 e. The van der Waals surface area contributed by atoms with Crippen molar-refractivity contribution in [2.75, 3.05) is 0 Å². The standard InChI is InChI=1S/C14H19FN2O3/c1-4-14(3,12(18)19)17-13(20)16-9(2)10-6-5-7-11(15)8-10/h5-9H,4H2,1-3H3,(H,18,19)(H2,16,17,20). The molecule has 0 saturated heterocycles. The van der Waals surface area contributed by atoms with Crippen LogP contribution in [0.5, 0.6) is 0 Å². The molecule has 0 saturated carbocycles. The first kappa shape index (κ1) is 15.9. The maximum absolute atomic E-state index is 13.1. The number of aliphatic carboxylic acids is 1. The van der Waals surface area contributed by atoms with Crippen LogP contribution in [0.25, 0.3) is 0 Å². The van der Waals surface area contributed by atoms with Crippen molar-refractivity contribution < 1.29 is 19.1 Å². The number of urea groups is 1. The zero-order valence-electron chi connectivity index (χ0n) is 11.7. The van der Waals surface area contributed by atoms with Crippen molar-refractivity contribution in [3.05, 3.63) is 35.6 Å². The molecule has 0 spiro atoms. The number of hydrogen-bond acceptors (Lipinski definition) is 2. The summed E-state index contributed by atoms with van der Waals surface area (Å²) in [5, 5.41) is 14.1. The monoisotopic (exact) mass is 282 g/mol. The van der Waals surface area contributed by atoms with Crippen LogP contribution in [0.15, 0.2) is 24.3 Å². The summed E-state index contributed by atoms with van der Waals surface area (Å²) < 4.78 is 13.1. The van der Waals surface area contributed by atoms with Crippen LogP contribution in [-0.4, -0.2) is 22.6 Å². The predicted octanol–water partition coefficient (Wildman–Crippen LogP) is 2.44. The highest BCUT2D eigenvalue weighted by Gasteiger charge is 2.33. The molecule has 1 aromatic carbocycles. The van der Waals surface area contributed by atoms with E-state index in [1.54, 1.807) is 26.0 Å². The van der Waals surface area contributed by atoms with Gasteiger partial charge in [0.2, 0.25) is 0 Å². The second kappa shape index (κ2) is 6.36. The van der Waals surface area contributed by atoms with Gasteiger partial charge in [-0.05, 0) is 38.0 Å². The number of nitrogens with one attached hydrogen (secondary N) is 2. The third kappa shape index (κ3) is 3.94. The Kier molecular flexibility index (Phi) is 5.07. The lowest BCUT2D eigenvalue weighted by atomic mass is 10.00. The molecule has 0 fully saturated rings. The Morgan fingerprint density at radius 1 is 1.45 bits per heavy atom. The molecular formula is C14H19FN2O3. The Bertz CT molecular complexity index is 507. The van der Waals surface area contributed by atoms with Crippen molar-refractivity contribution in [1.82, 2.24) is 10.6 Å². The van der Waals surface area contributed by atoms with Crippen LogP contribution in [0.2, 0.25) is 0 Å². The van der Waals surface area contributed by atoms with Gasteiger partial charge in [0.1, 0.15) is 11.4 Å². The second-order valence-electron chi connectivity index (χ2n) is 4.87. The predicted molar refractivity (Wildman–Crippen MR) is 72.8 cm³/mol. The molecule has 0 bridgehead atoms. The quantitative estimate of drug-likeness (QED) is 0.776. The molecule has 0 aliphatic rings. The average Bonchev–Trinajstić information content (AvgIpc) is 2.38. The van der Waals surface area contributed by atoms with Gasteiger partial charge >= 0.3 is 12.0 Å². The van der Waals surface area contributed by atoms with Crippen LogP contribution >= 0.6 is 0 Å². The van der Waals surface area contributed by atoms with Crippen molar-refractivity contribution in [2.45, 2.75) is 38.8 Å². The summed E-state index contributed by atoms with van der Waals surface area (Å²) in [6.07, 6.45) is 0.254. The van der Waals surface area contributed by atoms with E-state index in [4.69, 9.17) is 5.11 Å². The molecule has 0 heterocycles. The van der Waals surface area contributed by atoms with Gasteiger partial charge in [-0.3, -0.25) is 0 Å². The van der Waals surface area contributed by atoms with Crippen LogP contribution in [0.3, 0.4) is 0 Å². The van der Waals surface area contributed by atoms with Gasteiger partial charge in [0.25, 0.3) is 0 Å². The summed E-state index contributed by atoms with van der Waals surface area (Å²) in [6, 6.07) is 4.84. The SMILES string of the molecule is CCC(C)(NC(=O)NC(C)c1cccc(F)c1)C(=O)O. The molecule has 2 amide bonds. The molecule has 1 aromatic rings. The first-order valence-electron chi connectivity index (χ1n) is 6.36. The minimum absolute atomic E-state index is 0.254. The van der Waals surface area contributed by atoms with Crippen LogP contribution in [0, 0.1) is 5.82 Å². The number of amides is 2. The lowest BCUT2D eigenvalue weighted by Gasteiger charge is -2.26. The fraction of sp³-hybridized carbons (Fsp3) is 0.429. The smallest absolute Gasteiger partial charge is 0.329 e. The Morgan fingerprint density at radius 2 is 2.10 bits per heavy atom. The molecule has 6 heteroatoms. The number of carbonyl (C=O) groups excluding carboxylic acids is 1. The molecule has 1 rings (SSSR count). The number of carboxylic acid groups (broad SMARTS) is 1. The fourth-order valence-electron chi connectivity index (χ4n) is 1.64. The third-order valence-corrected chi connectivity index (χ3v) is 3.26. The van der Waals surface area contributed by atoms with Crippen LogP contribution in [0.1, 0.15) is 38.8 Å². The van der Waals surface area contributed by atoms with Crippen molar-refractivity contribution in [3.8, 4) is 0 Å². The Balaban J connectivity index is 2.69. The summed E-state index contributed by atoms with van der Waals surface area (Å²) in [4.78, 5) is 22.9. The van der Waals surface area contributed by atoms with Gasteiger partial charge < -0.3 is 15.7 Å². The first-order chi connectivity index (χ1) is 9.28. The summed E-state index contributed by atoms with van der Waals surface area (Å²) in [7, 11) is 0. The molecular weight excluding hydrogens is 263 g/mol. The van der Waals surface area contributed by atoms with E-state index in [0.29, 0.717) is 5.56 Å². The maximum atomic E-state index is 13.1. The van der Waals surface area contributed by atoms with Gasteiger partial charge in [0, 0.05) is 0 Å². The van der Waals surface area contributed by atoms with E-state index in [0.717, 1.165) is 0 Å². The van der Waals surface area contributed by atoms with Gasteiger partial charge in [-0.2, -0.15) is 0 Å². The van der Waals surface area contributed by atoms with E-state index in [2.05, 4.69) is 10.6 Å². The zero-order chi connectivity index (χ0) is 15.3. The first-order valence-corrected chi connectivity index (χ1v) is 6.36. The second-order valence-corrected chi connectivity index (χ2v) is 4.87. The van der Waals surface area contributed by atoms with E-state index >= 15 is 0 Å². The van der Waals surface area contributed by atoms with E-state index in [1.165, 1.54) is 19.1 Å². The minimum atomic E-state index is -1.33. The van der Waals surface area contributed by atoms with Crippen LogP contribution in [-0.2, 0) is 4.79 Å². The topological polar surface area (TPSA) is 78.4 Å². The van der Waals surface area contributed by atoms with Crippen LogP contribution in [0.4, 0.5) is 9.18 Å². The van der Waals surface area contributed by atoms with Gasteiger partial charge in [0.05, 0.1) is 6.04 Å². The lowest BCUT2D eigenvalue weighted by Crippen LogP contribution is -2.55. The van der Waals surface area contributed by atoms with E-state index in [1.807, 2.05) is 0 Å². The minimum Gasteiger partial charge on any atom is -0.480 e. The molecule has 0 aromatic heterocycles. The molecule has 3 N–H and O–H groups in total. The van der Waals surface area contributed by atoms with Gasteiger partial charge in [-0.15, -0.1) is 0 Å². The summed E-state index contributed by atoms with van der Waals surface area (Å²) in [5.41, 5.74) is -0.722. The number of halogens is 1. The molecule has 110 valence electrons. The number of rotatable bonds is 5. The summed E-state index contributed by atoms with van der Waals surface area (Å²) >= 11 is 0. The van der Waals surface area contributed by atoms with Crippen LogP contribution < -0.4 is 10.6 Å². The zero-order valence-corrected chi connectivity index (χ0v) is 11.7. The molecule has 2 atom stereocenters. The lowest BCUT2D eigenvalue weighted by molar-refractivity contribution is -0.143. The molecule has 0 aliphatic heterocycles. The molecule has 0 aliphatic carbocycles. The number of carbonyl (C=O) groups is 2. The average molecular weight is 282 g/mol. The largest absolute Gasteiger partial charge is 0.480 e. The van der Waals surface area contributed by atoms with Crippen molar-refractivity contribution >= 4 is 12.0 Å². The highest BCUT2D eigenvalue weighted by atomic mass is 19.1. The van der Waals surface area contributed by atoms with E-state index in [9.17, 15) is 14.0 Å². The highest BCUT2D eigenvalue weighted by Crippen LogP contribution is 2.14. The normalized spacial score (nSPS) is 15.0. The van der Waals surface area contributed by atoms with Crippen molar-refractivity contribution in [1.29, 1.82) is 0 Å². The third-order valence-electron chi connectivity index (χ3n) is 3.26. The molecule has 20 heavy (non-hydrogen) atoms. The number of carboxylic acids is 1. The Morgan fingerprint density at radius 3 is 2.60 bits per heavy atom. The summed E-state index contributed by atoms with van der Waals surface area (Å²) in [6.45, 7) is 4.80. The van der Waals surface area contributed by atoms with E-state index < -0.39 is 23.6 Å². The summed E-state index contributed by atoms with van der Waals surface area (Å²) in [5.74, 6) is -1.49. The molecule has 5 nitrogen and oxygen atoms in total. The van der Waals surface area contributed by atoms with Crippen molar-refractivity contribution in [2.24, 2.45) is 0 Å². The fourth-order valence-corrected chi connectivity index (χ4v) is 1.64. The highest BCUT2D eigenvalue weighted by molar-refractivity contribution is 5.85. The van der Waals surface area contributed by atoms with Gasteiger partial charge in [0.15, 0.2) is 0 Å². The van der Waals surface area contributed by atoms with Gasteiger partial charge in [-0.1, -0.05) is 19.1 Å². The van der Waals surface area contributed by atoms with E-state index in [-0.39, 0.29) is 12.2 Å². The molecule has 0 radical (unpaired) electrons. The van der Waals surface area contributed by atoms with Crippen molar-refractivity contribution in [3.63, 3.8) is 0 Å². The molecule has 2 unspecified atom stereocenters. The number of hydrogen-bond donors (Lipinski definition) is 3. The van der Waals surface area contributed by atoms with Gasteiger partial charge in [-0.25, -0.2) is 14.0 Å². The Hall–Kier alpha value is -2.11.